The van der Waals surface area contributed by atoms with Crippen LogP contribution in [0.3, 0.4) is 0 Å². The van der Waals surface area contributed by atoms with Crippen molar-refractivity contribution in [2.45, 2.75) is 32.1 Å². The van der Waals surface area contributed by atoms with Crippen molar-refractivity contribution >= 4 is 17.2 Å². The predicted octanol–water partition coefficient (Wildman–Crippen LogP) is 4.51. The summed E-state index contributed by atoms with van der Waals surface area (Å²) in [4.78, 5) is 0. The lowest BCUT2D eigenvalue weighted by Gasteiger charge is -2.32. The summed E-state index contributed by atoms with van der Waals surface area (Å²) in [7, 11) is 1.71. The molecule has 92 valence electrons. The number of alkyl halides is 1. The number of hydrogen-bond donors (Lipinski definition) is 0. The maximum atomic E-state index is 6.32. The zero-order valence-electron chi connectivity index (χ0n) is 10.7. The van der Waals surface area contributed by atoms with E-state index in [0.717, 1.165) is 18.6 Å². The van der Waals surface area contributed by atoms with Crippen LogP contribution in [0.1, 0.15) is 32.3 Å². The Morgan fingerprint density at radius 3 is 2.65 bits per heavy atom. The molecule has 2 heteroatoms. The Labute approximate surface area is 108 Å². The summed E-state index contributed by atoms with van der Waals surface area (Å²) >= 11 is 6.32. The fourth-order valence-corrected chi connectivity index (χ4v) is 3.12. The van der Waals surface area contributed by atoms with Gasteiger partial charge in [0.15, 0.2) is 0 Å². The normalized spacial score (nSPS) is 23.1. The summed E-state index contributed by atoms with van der Waals surface area (Å²) in [5, 5.41) is 0.124. The zero-order valence-corrected chi connectivity index (χ0v) is 11.4. The second-order valence-electron chi connectivity index (χ2n) is 5.45. The van der Waals surface area contributed by atoms with Crippen LogP contribution in [0.4, 0.5) is 0 Å². The number of halogens is 1. The highest BCUT2D eigenvalue weighted by Crippen LogP contribution is 2.43. The lowest BCUT2D eigenvalue weighted by atomic mass is 9.75. The maximum Gasteiger partial charge on any atom is 0.126 e. The molecule has 0 aromatic heterocycles. The lowest BCUT2D eigenvalue weighted by Crippen LogP contribution is -2.21. The fourth-order valence-electron chi connectivity index (χ4n) is 2.55. The first-order chi connectivity index (χ1) is 8.02. The van der Waals surface area contributed by atoms with Gasteiger partial charge in [-0.3, -0.25) is 0 Å². The van der Waals surface area contributed by atoms with Crippen molar-refractivity contribution in [1.82, 2.24) is 0 Å². The minimum Gasteiger partial charge on any atom is -0.496 e. The highest BCUT2D eigenvalue weighted by atomic mass is 35.5. The van der Waals surface area contributed by atoms with Gasteiger partial charge >= 0.3 is 0 Å². The van der Waals surface area contributed by atoms with Crippen molar-refractivity contribution in [3.05, 3.63) is 35.9 Å². The first kappa shape index (κ1) is 12.5. The summed E-state index contributed by atoms with van der Waals surface area (Å²) < 4.78 is 5.42. The lowest BCUT2D eigenvalue weighted by molar-refractivity contribution is 0.339. The Balaban J connectivity index is 2.39. The minimum atomic E-state index is 0.124. The van der Waals surface area contributed by atoms with Gasteiger partial charge in [0.05, 0.1) is 12.5 Å². The molecule has 0 spiro atoms. The van der Waals surface area contributed by atoms with E-state index >= 15 is 0 Å². The standard InChI is InChI=1S/C15H19ClO/c1-15(2)9-11(8-12(16)10-15)13-6-4-5-7-14(13)17-3/h4-8,12H,9-10H2,1-3H3. The van der Waals surface area contributed by atoms with E-state index in [9.17, 15) is 0 Å². The molecule has 0 fully saturated rings. The molecule has 0 bridgehead atoms. The molecule has 0 radical (unpaired) electrons. The van der Waals surface area contributed by atoms with Crippen LogP contribution in [0, 0.1) is 5.41 Å². The summed E-state index contributed by atoms with van der Waals surface area (Å²) in [5.41, 5.74) is 2.74. The summed E-state index contributed by atoms with van der Waals surface area (Å²) in [6, 6.07) is 8.15. The second-order valence-corrected chi connectivity index (χ2v) is 6.01. The van der Waals surface area contributed by atoms with E-state index in [4.69, 9.17) is 16.3 Å². The molecular formula is C15H19ClO. The van der Waals surface area contributed by atoms with Gasteiger partial charge in [-0.05, 0) is 29.9 Å². The average molecular weight is 251 g/mol. The van der Waals surface area contributed by atoms with Gasteiger partial charge < -0.3 is 4.74 Å². The summed E-state index contributed by atoms with van der Waals surface area (Å²) in [6.45, 7) is 4.54. The quantitative estimate of drug-likeness (QED) is 0.702. The van der Waals surface area contributed by atoms with E-state index in [1.165, 1.54) is 11.1 Å². The minimum absolute atomic E-state index is 0.124. The molecule has 1 aromatic carbocycles. The van der Waals surface area contributed by atoms with Crippen LogP contribution >= 0.6 is 11.6 Å². The van der Waals surface area contributed by atoms with Gasteiger partial charge in [0, 0.05) is 5.56 Å². The third-order valence-electron chi connectivity index (χ3n) is 3.25. The van der Waals surface area contributed by atoms with E-state index in [1.807, 2.05) is 18.2 Å². The van der Waals surface area contributed by atoms with E-state index in [1.54, 1.807) is 7.11 Å². The molecule has 17 heavy (non-hydrogen) atoms. The molecule has 0 amide bonds. The molecule has 1 unspecified atom stereocenters. The van der Waals surface area contributed by atoms with E-state index in [0.29, 0.717) is 0 Å². The first-order valence-corrected chi connectivity index (χ1v) is 6.44. The van der Waals surface area contributed by atoms with Crippen molar-refractivity contribution in [3.8, 4) is 5.75 Å². The number of benzene rings is 1. The largest absolute Gasteiger partial charge is 0.496 e. The Morgan fingerprint density at radius 1 is 1.29 bits per heavy atom. The van der Waals surface area contributed by atoms with Gasteiger partial charge in [0.25, 0.3) is 0 Å². The van der Waals surface area contributed by atoms with Gasteiger partial charge in [-0.2, -0.15) is 0 Å². The number of rotatable bonds is 2. The van der Waals surface area contributed by atoms with Crippen LogP contribution in [-0.2, 0) is 0 Å². The molecule has 0 saturated carbocycles. The molecule has 0 saturated heterocycles. The van der Waals surface area contributed by atoms with Crippen molar-refractivity contribution < 1.29 is 4.74 Å². The smallest absolute Gasteiger partial charge is 0.126 e. The van der Waals surface area contributed by atoms with Gasteiger partial charge in [0.1, 0.15) is 5.75 Å². The topological polar surface area (TPSA) is 9.23 Å². The van der Waals surface area contributed by atoms with Gasteiger partial charge in [0.2, 0.25) is 0 Å². The monoisotopic (exact) mass is 250 g/mol. The fraction of sp³-hybridized carbons (Fsp3) is 0.467. The number of ether oxygens (including phenoxy) is 1. The Morgan fingerprint density at radius 2 is 2.00 bits per heavy atom. The third kappa shape index (κ3) is 2.84. The molecule has 0 heterocycles. The molecule has 0 N–H and O–H groups in total. The molecule has 2 rings (SSSR count). The molecule has 1 aliphatic rings. The van der Waals surface area contributed by atoms with Gasteiger partial charge in [-0.15, -0.1) is 11.6 Å². The molecular weight excluding hydrogens is 232 g/mol. The zero-order chi connectivity index (χ0) is 12.5. The number of para-hydroxylation sites is 1. The maximum absolute atomic E-state index is 6.32. The molecule has 1 nitrogen and oxygen atoms in total. The molecule has 0 aliphatic heterocycles. The summed E-state index contributed by atoms with van der Waals surface area (Å²) in [6.07, 6.45) is 4.26. The van der Waals surface area contributed by atoms with Crippen LogP contribution in [0.5, 0.6) is 5.75 Å². The van der Waals surface area contributed by atoms with E-state index in [-0.39, 0.29) is 10.8 Å². The average Bonchev–Trinajstić information content (AvgIpc) is 2.26. The molecule has 1 aliphatic carbocycles. The van der Waals surface area contributed by atoms with Crippen molar-refractivity contribution in [2.24, 2.45) is 5.41 Å². The van der Waals surface area contributed by atoms with Crippen LogP contribution in [-0.4, -0.2) is 12.5 Å². The predicted molar refractivity (Wildman–Crippen MR) is 73.6 cm³/mol. The number of methoxy groups -OCH3 is 1. The van der Waals surface area contributed by atoms with Crippen molar-refractivity contribution in [2.75, 3.05) is 7.11 Å². The van der Waals surface area contributed by atoms with Crippen LogP contribution in [0.15, 0.2) is 30.3 Å². The van der Waals surface area contributed by atoms with Crippen molar-refractivity contribution in [1.29, 1.82) is 0 Å². The SMILES string of the molecule is COc1ccccc1C1=CC(Cl)CC(C)(C)C1. The Hall–Kier alpha value is -0.950. The highest BCUT2D eigenvalue weighted by Gasteiger charge is 2.28. The van der Waals surface area contributed by atoms with Crippen molar-refractivity contribution in [3.63, 3.8) is 0 Å². The number of hydrogen-bond acceptors (Lipinski definition) is 1. The van der Waals surface area contributed by atoms with Crippen LogP contribution in [0.25, 0.3) is 5.57 Å². The molecule has 1 atom stereocenters. The third-order valence-corrected chi connectivity index (χ3v) is 3.53. The number of allylic oxidation sites excluding steroid dienone is 2. The first-order valence-electron chi connectivity index (χ1n) is 6.00. The second kappa shape index (κ2) is 4.73. The van der Waals surface area contributed by atoms with Gasteiger partial charge in [-0.1, -0.05) is 38.1 Å². The Kier molecular flexibility index (Phi) is 3.48. The summed E-state index contributed by atoms with van der Waals surface area (Å²) in [5.74, 6) is 0.931. The van der Waals surface area contributed by atoms with E-state index < -0.39 is 0 Å². The van der Waals surface area contributed by atoms with Crippen LogP contribution in [0.2, 0.25) is 0 Å². The van der Waals surface area contributed by atoms with Crippen LogP contribution < -0.4 is 4.74 Å². The highest BCUT2D eigenvalue weighted by molar-refractivity contribution is 6.22. The Bertz CT molecular complexity index is 434. The molecule has 1 aromatic rings. The van der Waals surface area contributed by atoms with E-state index in [2.05, 4.69) is 26.0 Å². The van der Waals surface area contributed by atoms with Gasteiger partial charge in [-0.25, -0.2) is 0 Å².